The van der Waals surface area contributed by atoms with Gasteiger partial charge in [0.15, 0.2) is 11.2 Å². The summed E-state index contributed by atoms with van der Waals surface area (Å²) in [7, 11) is 0. The van der Waals surface area contributed by atoms with E-state index in [1.807, 2.05) is 27.7 Å². The summed E-state index contributed by atoms with van der Waals surface area (Å²) in [6.07, 6.45) is 4.56. The van der Waals surface area contributed by atoms with Crippen LogP contribution in [0.15, 0.2) is 0 Å². The van der Waals surface area contributed by atoms with Gasteiger partial charge in [0.25, 0.3) is 11.8 Å². The maximum atomic E-state index is 11.4. The molecule has 2 saturated heterocycles. The predicted molar refractivity (Wildman–Crippen MR) is 100 cm³/mol. The van der Waals surface area contributed by atoms with Crippen molar-refractivity contribution < 1.29 is 28.7 Å². The maximum absolute atomic E-state index is 11.4. The van der Waals surface area contributed by atoms with Gasteiger partial charge in [0.05, 0.1) is 0 Å². The molecule has 9 heteroatoms. The standard InChI is InChI=1S/2C9H15NO3.Ca/c2*1-3-5-9(6-4-2)7(11)10-8(12)13-9;/h2*3-6H2,1-2H3,(H,10,11,12);. The van der Waals surface area contributed by atoms with Gasteiger partial charge in [-0.1, -0.05) is 53.4 Å². The Morgan fingerprint density at radius 2 is 0.889 bits per heavy atom. The molecule has 0 saturated carbocycles. The van der Waals surface area contributed by atoms with Crippen LogP contribution in [-0.2, 0) is 19.1 Å². The van der Waals surface area contributed by atoms with Crippen LogP contribution in [0.3, 0.4) is 0 Å². The van der Waals surface area contributed by atoms with Gasteiger partial charge in [-0.2, -0.15) is 0 Å². The van der Waals surface area contributed by atoms with Crippen LogP contribution in [0.2, 0.25) is 0 Å². The molecule has 0 aromatic rings. The normalized spacial score (nSPS) is 19.1. The molecular weight excluding hydrogens is 380 g/mol. The van der Waals surface area contributed by atoms with E-state index in [1.165, 1.54) is 0 Å². The van der Waals surface area contributed by atoms with Gasteiger partial charge in [0, 0.05) is 37.7 Å². The van der Waals surface area contributed by atoms with Crippen LogP contribution in [0.1, 0.15) is 79.1 Å². The quantitative estimate of drug-likeness (QED) is 0.595. The van der Waals surface area contributed by atoms with Crippen LogP contribution in [0.5, 0.6) is 0 Å². The van der Waals surface area contributed by atoms with Gasteiger partial charge < -0.3 is 9.47 Å². The number of carbonyl (C=O) groups is 4. The molecule has 0 spiro atoms. The fourth-order valence-electron chi connectivity index (χ4n) is 3.44. The third-order valence-electron chi connectivity index (χ3n) is 4.45. The monoisotopic (exact) mass is 410 g/mol. The number of rotatable bonds is 8. The van der Waals surface area contributed by atoms with Crippen molar-refractivity contribution in [1.82, 2.24) is 10.6 Å². The Bertz CT molecular complexity index is 492. The van der Waals surface area contributed by atoms with Crippen molar-refractivity contribution in [2.75, 3.05) is 0 Å². The zero-order chi connectivity index (χ0) is 19.8. The number of carbonyl (C=O) groups excluding carboxylic acids is 4. The van der Waals surface area contributed by atoms with Crippen LogP contribution in [-0.4, -0.2) is 72.9 Å². The summed E-state index contributed by atoms with van der Waals surface area (Å²) in [5, 5.41) is 4.35. The fourth-order valence-corrected chi connectivity index (χ4v) is 3.44. The zero-order valence-corrected chi connectivity index (χ0v) is 19.0. The van der Waals surface area contributed by atoms with Crippen molar-refractivity contribution in [3.8, 4) is 0 Å². The van der Waals surface area contributed by atoms with Crippen LogP contribution in [0.25, 0.3) is 0 Å². The minimum atomic E-state index is -0.874. The van der Waals surface area contributed by atoms with E-state index in [4.69, 9.17) is 9.47 Å². The van der Waals surface area contributed by atoms with Gasteiger partial charge >= 0.3 is 12.2 Å². The molecule has 150 valence electrons. The van der Waals surface area contributed by atoms with Gasteiger partial charge in [-0.05, 0) is 25.7 Å². The van der Waals surface area contributed by atoms with Crippen LogP contribution >= 0.6 is 0 Å². The van der Waals surface area contributed by atoms with E-state index in [-0.39, 0.29) is 49.6 Å². The predicted octanol–water partition coefficient (Wildman–Crippen LogP) is 2.80. The van der Waals surface area contributed by atoms with E-state index in [1.54, 1.807) is 0 Å². The average molecular weight is 411 g/mol. The molecule has 0 unspecified atom stereocenters. The topological polar surface area (TPSA) is 111 Å². The molecule has 2 N–H and O–H groups in total. The molecule has 4 amide bonds. The molecule has 2 heterocycles. The smallest absolute Gasteiger partial charge is 0.415 e. The molecular formula is C18H30CaN2O6. The summed E-state index contributed by atoms with van der Waals surface area (Å²) in [5.41, 5.74) is -1.75. The number of hydrogen-bond acceptors (Lipinski definition) is 6. The zero-order valence-electron chi connectivity index (χ0n) is 16.8. The Morgan fingerprint density at radius 1 is 0.630 bits per heavy atom. The molecule has 2 fully saturated rings. The van der Waals surface area contributed by atoms with Crippen molar-refractivity contribution in [3.63, 3.8) is 0 Å². The van der Waals surface area contributed by atoms with Gasteiger partial charge in [-0.15, -0.1) is 0 Å². The summed E-state index contributed by atoms with van der Waals surface area (Å²) >= 11 is 0. The molecule has 2 aliphatic rings. The van der Waals surface area contributed by atoms with Crippen molar-refractivity contribution in [2.24, 2.45) is 0 Å². The van der Waals surface area contributed by atoms with Gasteiger partial charge in [-0.3, -0.25) is 20.2 Å². The summed E-state index contributed by atoms with van der Waals surface area (Å²) in [6, 6.07) is 0. The van der Waals surface area contributed by atoms with Crippen LogP contribution in [0, 0.1) is 0 Å². The van der Waals surface area contributed by atoms with E-state index in [0.29, 0.717) is 25.7 Å². The number of nitrogens with one attached hydrogen (secondary N) is 2. The third-order valence-corrected chi connectivity index (χ3v) is 4.45. The number of cyclic esters (lactones) is 2. The van der Waals surface area contributed by atoms with Crippen LogP contribution in [0.4, 0.5) is 9.59 Å². The van der Waals surface area contributed by atoms with E-state index in [0.717, 1.165) is 25.7 Å². The van der Waals surface area contributed by atoms with Crippen molar-refractivity contribution in [3.05, 3.63) is 0 Å². The molecule has 2 rings (SSSR count). The third kappa shape index (κ3) is 6.61. The van der Waals surface area contributed by atoms with E-state index >= 15 is 0 Å². The first-order valence-electron chi connectivity index (χ1n) is 9.38. The van der Waals surface area contributed by atoms with Gasteiger partial charge in [-0.25, -0.2) is 9.59 Å². The Labute approximate surface area is 190 Å². The van der Waals surface area contributed by atoms with Gasteiger partial charge in [0.2, 0.25) is 0 Å². The Morgan fingerprint density at radius 3 is 1.04 bits per heavy atom. The fraction of sp³-hybridized carbons (Fsp3) is 0.778. The SMILES string of the molecule is CCCC1(CCC)OC(=O)NC1=O.CCCC1(CCC)OC(=O)NC1=O.[Ca]. The number of amides is 4. The van der Waals surface area contributed by atoms with E-state index in [9.17, 15) is 19.2 Å². The first-order chi connectivity index (χ1) is 12.3. The Balaban J connectivity index is 0.000000483. The second-order valence-electron chi connectivity index (χ2n) is 6.68. The Kier molecular flexibility index (Phi) is 11.5. The second-order valence-corrected chi connectivity index (χ2v) is 6.68. The van der Waals surface area contributed by atoms with E-state index in [2.05, 4.69) is 10.6 Å². The minimum absolute atomic E-state index is 0. The minimum Gasteiger partial charge on any atom is -0.432 e. The molecule has 0 bridgehead atoms. The molecule has 8 nitrogen and oxygen atoms in total. The second kappa shape index (κ2) is 11.9. The summed E-state index contributed by atoms with van der Waals surface area (Å²) in [6.45, 7) is 7.88. The molecule has 27 heavy (non-hydrogen) atoms. The number of imide groups is 2. The van der Waals surface area contributed by atoms with Crippen molar-refractivity contribution >= 4 is 61.7 Å². The van der Waals surface area contributed by atoms with E-state index < -0.39 is 23.4 Å². The largest absolute Gasteiger partial charge is 0.432 e. The van der Waals surface area contributed by atoms with Crippen molar-refractivity contribution in [2.45, 2.75) is 90.3 Å². The first kappa shape index (κ1) is 26.1. The summed E-state index contributed by atoms with van der Waals surface area (Å²) in [4.78, 5) is 44.6. The summed E-state index contributed by atoms with van der Waals surface area (Å²) in [5.74, 6) is -0.553. The average Bonchev–Trinajstić information content (AvgIpc) is 2.97. The molecule has 0 atom stereocenters. The number of hydrogen-bond donors (Lipinski definition) is 2. The Hall–Kier alpha value is -0.860. The first-order valence-corrected chi connectivity index (χ1v) is 9.38. The maximum Gasteiger partial charge on any atom is 0.415 e. The van der Waals surface area contributed by atoms with Gasteiger partial charge in [0.1, 0.15) is 0 Å². The molecule has 0 aromatic heterocycles. The summed E-state index contributed by atoms with van der Waals surface area (Å²) < 4.78 is 10.1. The molecule has 0 aromatic carbocycles. The van der Waals surface area contributed by atoms with Crippen LogP contribution < -0.4 is 10.6 Å². The molecule has 0 aliphatic carbocycles. The molecule has 2 radical (unpaired) electrons. The number of ether oxygens (including phenoxy) is 2. The number of alkyl carbamates (subject to hydrolysis) is 2. The van der Waals surface area contributed by atoms with Crippen molar-refractivity contribution in [1.29, 1.82) is 0 Å². The molecule has 2 aliphatic heterocycles.